The van der Waals surface area contributed by atoms with Gasteiger partial charge in [-0.3, -0.25) is 9.69 Å². The normalized spacial score (nSPS) is 21.5. The minimum Gasteiger partial charge on any atom is -0.373 e. The van der Waals surface area contributed by atoms with E-state index in [1.165, 1.54) is 6.07 Å². The van der Waals surface area contributed by atoms with Crippen molar-refractivity contribution in [3.8, 4) is 5.69 Å². The van der Waals surface area contributed by atoms with Crippen LogP contribution in [0.2, 0.25) is 0 Å². The van der Waals surface area contributed by atoms with E-state index < -0.39 is 0 Å². The van der Waals surface area contributed by atoms with E-state index in [-0.39, 0.29) is 30.0 Å². The third-order valence-electron chi connectivity index (χ3n) is 5.40. The smallest absolute Gasteiger partial charge is 0.253 e. The molecule has 0 radical (unpaired) electrons. The van der Waals surface area contributed by atoms with Crippen LogP contribution in [0.4, 0.5) is 4.39 Å². The van der Waals surface area contributed by atoms with Crippen LogP contribution in [0.5, 0.6) is 0 Å². The van der Waals surface area contributed by atoms with E-state index in [0.717, 1.165) is 24.5 Å². The van der Waals surface area contributed by atoms with Crippen LogP contribution in [-0.4, -0.2) is 53.3 Å². The molecule has 2 aromatic rings. The van der Waals surface area contributed by atoms with Gasteiger partial charge in [0.2, 0.25) is 0 Å². The van der Waals surface area contributed by atoms with Gasteiger partial charge < -0.3 is 14.6 Å². The van der Waals surface area contributed by atoms with Crippen molar-refractivity contribution in [2.45, 2.75) is 52.9 Å². The zero-order valence-corrected chi connectivity index (χ0v) is 17.3. The number of aryl methyl sites for hydroxylation is 1. The molecule has 6 heteroatoms. The molecule has 1 fully saturated rings. The summed E-state index contributed by atoms with van der Waals surface area (Å²) >= 11 is 0. The quantitative estimate of drug-likeness (QED) is 0.855. The van der Waals surface area contributed by atoms with Gasteiger partial charge in [0.1, 0.15) is 5.82 Å². The molecule has 0 spiro atoms. The van der Waals surface area contributed by atoms with Crippen LogP contribution in [-0.2, 0) is 4.74 Å². The number of nitrogens with zero attached hydrogens (tertiary/aromatic N) is 2. The van der Waals surface area contributed by atoms with Crippen molar-refractivity contribution < 1.29 is 13.9 Å². The van der Waals surface area contributed by atoms with Crippen LogP contribution in [0.1, 0.15) is 42.5 Å². The van der Waals surface area contributed by atoms with E-state index in [0.29, 0.717) is 17.8 Å². The lowest BCUT2D eigenvalue weighted by molar-refractivity contribution is -0.0778. The zero-order chi connectivity index (χ0) is 20.4. The Hall–Kier alpha value is -2.18. The number of hydrogen-bond donors (Lipinski definition) is 1. The van der Waals surface area contributed by atoms with Crippen LogP contribution in [0.25, 0.3) is 5.69 Å². The van der Waals surface area contributed by atoms with Gasteiger partial charge in [-0.05, 0) is 52.8 Å². The van der Waals surface area contributed by atoms with Crippen LogP contribution in [0.3, 0.4) is 0 Å². The molecule has 1 aliphatic rings. The predicted molar refractivity (Wildman–Crippen MR) is 109 cm³/mol. The van der Waals surface area contributed by atoms with Gasteiger partial charge in [0, 0.05) is 37.1 Å². The van der Waals surface area contributed by atoms with Crippen molar-refractivity contribution in [1.82, 2.24) is 14.8 Å². The highest BCUT2D eigenvalue weighted by Crippen LogP contribution is 2.23. The minimum absolute atomic E-state index is 0.128. The number of halogens is 1. The lowest BCUT2D eigenvalue weighted by atomic mass is 10.1. The zero-order valence-electron chi connectivity index (χ0n) is 17.3. The molecular weight excluding hydrogens is 357 g/mol. The third kappa shape index (κ3) is 4.28. The SMILES string of the molecule is Cc1cc(C(=O)NCC(C)N2CC(C)OC(C)C2)c(C)n1-c1ccccc1F. The van der Waals surface area contributed by atoms with E-state index in [2.05, 4.69) is 31.0 Å². The molecule has 3 atom stereocenters. The molecule has 152 valence electrons. The summed E-state index contributed by atoms with van der Waals surface area (Å²) in [5.74, 6) is -0.433. The first-order valence-electron chi connectivity index (χ1n) is 9.89. The second-order valence-corrected chi connectivity index (χ2v) is 7.84. The number of hydrogen-bond acceptors (Lipinski definition) is 3. The summed E-state index contributed by atoms with van der Waals surface area (Å²) < 4.78 is 21.8. The molecule has 1 N–H and O–H groups in total. The first-order valence-corrected chi connectivity index (χ1v) is 9.89. The number of morpholine rings is 1. The summed E-state index contributed by atoms with van der Waals surface area (Å²) in [6, 6.07) is 8.64. The van der Waals surface area contributed by atoms with Gasteiger partial charge in [-0.15, -0.1) is 0 Å². The highest BCUT2D eigenvalue weighted by Gasteiger charge is 2.26. The molecule has 1 saturated heterocycles. The maximum Gasteiger partial charge on any atom is 0.253 e. The molecule has 3 rings (SSSR count). The van der Waals surface area contributed by atoms with Crippen LogP contribution in [0, 0.1) is 19.7 Å². The highest BCUT2D eigenvalue weighted by molar-refractivity contribution is 5.96. The van der Waals surface area contributed by atoms with Crippen molar-refractivity contribution in [2.75, 3.05) is 19.6 Å². The molecule has 0 saturated carbocycles. The Kier molecular flexibility index (Phi) is 6.20. The van der Waals surface area contributed by atoms with Gasteiger partial charge in [0.25, 0.3) is 5.91 Å². The van der Waals surface area contributed by atoms with Gasteiger partial charge in [-0.2, -0.15) is 0 Å². The largest absolute Gasteiger partial charge is 0.373 e. The van der Waals surface area contributed by atoms with E-state index in [1.54, 1.807) is 22.8 Å². The van der Waals surface area contributed by atoms with Crippen molar-refractivity contribution in [3.05, 3.63) is 53.1 Å². The average molecular weight is 387 g/mol. The highest BCUT2D eigenvalue weighted by atomic mass is 19.1. The van der Waals surface area contributed by atoms with Crippen LogP contribution >= 0.6 is 0 Å². The fraction of sp³-hybridized carbons (Fsp3) is 0.500. The number of aromatic nitrogens is 1. The fourth-order valence-corrected chi connectivity index (χ4v) is 4.04. The Labute approximate surface area is 166 Å². The lowest BCUT2D eigenvalue weighted by Crippen LogP contribution is -2.52. The molecule has 1 aromatic carbocycles. The summed E-state index contributed by atoms with van der Waals surface area (Å²) in [6.45, 7) is 12.3. The third-order valence-corrected chi connectivity index (χ3v) is 5.40. The number of rotatable bonds is 5. The Morgan fingerprint density at radius 3 is 2.54 bits per heavy atom. The minimum atomic E-state index is -0.305. The number of carbonyl (C=O) groups is 1. The first kappa shape index (κ1) is 20.6. The monoisotopic (exact) mass is 387 g/mol. The Bertz CT molecular complexity index is 838. The molecule has 2 heterocycles. The molecule has 0 bridgehead atoms. The van der Waals surface area contributed by atoms with Crippen molar-refractivity contribution in [2.24, 2.45) is 0 Å². The number of carbonyl (C=O) groups excluding carboxylic acids is 1. The standard InChI is InChI=1S/C22H30FN3O2/c1-14-10-19(18(5)26(14)21-9-7-6-8-20(21)23)22(27)24-11-15(2)25-12-16(3)28-17(4)13-25/h6-10,15-17H,11-13H2,1-5H3,(H,24,27). The topological polar surface area (TPSA) is 46.5 Å². The molecule has 28 heavy (non-hydrogen) atoms. The molecule has 1 aliphatic heterocycles. The van der Waals surface area contributed by atoms with Crippen LogP contribution < -0.4 is 5.32 Å². The first-order chi connectivity index (χ1) is 13.3. The summed E-state index contributed by atoms with van der Waals surface area (Å²) in [5, 5.41) is 3.04. The molecule has 0 aliphatic carbocycles. The number of para-hydroxylation sites is 1. The summed E-state index contributed by atoms with van der Waals surface area (Å²) in [4.78, 5) is 15.2. The fourth-order valence-electron chi connectivity index (χ4n) is 4.04. The maximum atomic E-state index is 14.2. The van der Waals surface area contributed by atoms with Crippen molar-refractivity contribution in [3.63, 3.8) is 0 Å². The summed E-state index contributed by atoms with van der Waals surface area (Å²) in [5.41, 5.74) is 2.61. The number of benzene rings is 1. The van der Waals surface area contributed by atoms with E-state index in [4.69, 9.17) is 4.74 Å². The number of amides is 1. The van der Waals surface area contributed by atoms with Gasteiger partial charge >= 0.3 is 0 Å². The summed E-state index contributed by atoms with van der Waals surface area (Å²) in [7, 11) is 0. The predicted octanol–water partition coefficient (Wildman–Crippen LogP) is 3.46. The Morgan fingerprint density at radius 2 is 1.89 bits per heavy atom. The van der Waals surface area contributed by atoms with Crippen LogP contribution in [0.15, 0.2) is 30.3 Å². The van der Waals surface area contributed by atoms with Gasteiger partial charge in [-0.25, -0.2) is 4.39 Å². The second-order valence-electron chi connectivity index (χ2n) is 7.84. The molecule has 1 aromatic heterocycles. The van der Waals surface area contributed by atoms with E-state index >= 15 is 0 Å². The number of nitrogens with one attached hydrogen (secondary N) is 1. The van der Waals surface area contributed by atoms with Crippen molar-refractivity contribution in [1.29, 1.82) is 0 Å². The van der Waals surface area contributed by atoms with Gasteiger partial charge in [-0.1, -0.05) is 12.1 Å². The molecule has 3 unspecified atom stereocenters. The summed E-state index contributed by atoms with van der Waals surface area (Å²) in [6.07, 6.45) is 0.392. The van der Waals surface area contributed by atoms with E-state index in [1.807, 2.05) is 19.9 Å². The Balaban J connectivity index is 1.70. The van der Waals surface area contributed by atoms with Gasteiger partial charge in [0.15, 0.2) is 0 Å². The molecule has 1 amide bonds. The van der Waals surface area contributed by atoms with E-state index in [9.17, 15) is 9.18 Å². The lowest BCUT2D eigenvalue weighted by Gasteiger charge is -2.39. The average Bonchev–Trinajstić information content (AvgIpc) is 2.93. The second kappa shape index (κ2) is 8.45. The van der Waals surface area contributed by atoms with Gasteiger partial charge in [0.05, 0.1) is 23.5 Å². The molecule has 5 nitrogen and oxygen atoms in total. The maximum absolute atomic E-state index is 14.2. The number of ether oxygens (including phenoxy) is 1. The molecular formula is C22H30FN3O2. The Morgan fingerprint density at radius 1 is 1.25 bits per heavy atom. The van der Waals surface area contributed by atoms with Crippen molar-refractivity contribution >= 4 is 5.91 Å².